The lowest BCUT2D eigenvalue weighted by molar-refractivity contribution is -0.146. The number of nitrogens with two attached hydrogens (primary N) is 1. The minimum atomic E-state index is -1.19. The molecular formula is C24H35N7O5. The molecule has 1 aromatic rings. The third-order valence-corrected chi connectivity index (χ3v) is 6.23. The Kier molecular flexibility index (Phi) is 9.90. The van der Waals surface area contributed by atoms with Gasteiger partial charge >= 0.3 is 12.0 Å². The normalized spacial score (nSPS) is 18.3. The molecule has 2 aliphatic rings. The van der Waals surface area contributed by atoms with E-state index in [1.165, 1.54) is 4.90 Å². The van der Waals surface area contributed by atoms with Crippen molar-refractivity contribution in [3.05, 3.63) is 35.9 Å². The van der Waals surface area contributed by atoms with Crippen molar-refractivity contribution in [2.45, 2.75) is 50.7 Å². The minimum absolute atomic E-state index is 0.189. The number of carboxylic acids is 1. The van der Waals surface area contributed by atoms with Crippen LogP contribution in [0.4, 0.5) is 4.79 Å². The zero-order chi connectivity index (χ0) is 25.9. The highest BCUT2D eigenvalue weighted by molar-refractivity contribution is 5.93. The van der Waals surface area contributed by atoms with E-state index in [0.717, 1.165) is 24.9 Å². The number of rotatable bonds is 12. The average molecular weight is 502 g/mol. The second-order valence-electron chi connectivity index (χ2n) is 9.23. The maximum absolute atomic E-state index is 13.2. The number of urea groups is 1. The molecule has 196 valence electrons. The van der Waals surface area contributed by atoms with Crippen LogP contribution in [0.3, 0.4) is 0 Å². The highest BCUT2D eigenvalue weighted by Crippen LogP contribution is 2.27. The zero-order valence-corrected chi connectivity index (χ0v) is 20.3. The van der Waals surface area contributed by atoms with Crippen LogP contribution in [0.25, 0.3) is 0 Å². The lowest BCUT2D eigenvalue weighted by Gasteiger charge is -2.31. The van der Waals surface area contributed by atoms with Crippen molar-refractivity contribution in [2.75, 3.05) is 26.2 Å². The highest BCUT2D eigenvalue weighted by atomic mass is 16.4. The second kappa shape index (κ2) is 13.3. The molecule has 1 heterocycles. The third-order valence-electron chi connectivity index (χ3n) is 6.23. The molecule has 0 spiro atoms. The van der Waals surface area contributed by atoms with Crippen molar-refractivity contribution in [1.82, 2.24) is 25.8 Å². The molecule has 1 saturated heterocycles. The monoisotopic (exact) mass is 501 g/mol. The molecule has 36 heavy (non-hydrogen) atoms. The first-order valence-corrected chi connectivity index (χ1v) is 12.2. The maximum atomic E-state index is 13.2. The zero-order valence-electron chi connectivity index (χ0n) is 20.3. The number of hydrogen-bond donors (Lipinski definition) is 5. The van der Waals surface area contributed by atoms with E-state index < -0.39 is 36.4 Å². The number of carbonyl (C=O) groups excluding carboxylic acids is 3. The van der Waals surface area contributed by atoms with Gasteiger partial charge in [-0.25, -0.2) is 4.79 Å². The van der Waals surface area contributed by atoms with Crippen molar-refractivity contribution in [2.24, 2.45) is 16.9 Å². The van der Waals surface area contributed by atoms with Crippen LogP contribution >= 0.6 is 0 Å². The van der Waals surface area contributed by atoms with E-state index in [1.54, 1.807) is 6.34 Å². The summed E-state index contributed by atoms with van der Waals surface area (Å²) in [5.74, 6) is 3.32. The lowest BCUT2D eigenvalue weighted by atomic mass is 9.98. The van der Waals surface area contributed by atoms with Gasteiger partial charge in [-0.3, -0.25) is 14.4 Å². The molecule has 1 saturated carbocycles. The number of nitrogens with one attached hydrogen (secondary N) is 3. The van der Waals surface area contributed by atoms with Crippen LogP contribution in [0.5, 0.6) is 0 Å². The van der Waals surface area contributed by atoms with Gasteiger partial charge in [0.2, 0.25) is 11.8 Å². The number of aliphatic carboxylic acids is 1. The summed E-state index contributed by atoms with van der Waals surface area (Å²) in [5, 5.41) is 20.9. The molecule has 6 N–H and O–H groups in total. The van der Waals surface area contributed by atoms with Crippen LogP contribution in [-0.2, 0) is 20.9 Å². The summed E-state index contributed by atoms with van der Waals surface area (Å²) in [5.41, 5.74) is 0.875. The molecule has 3 rings (SSSR count). The first-order chi connectivity index (χ1) is 17.4. The summed E-state index contributed by atoms with van der Waals surface area (Å²) in [4.78, 5) is 53.1. The first kappa shape index (κ1) is 26.8. The molecule has 1 aliphatic carbocycles. The van der Waals surface area contributed by atoms with Crippen LogP contribution < -0.4 is 21.8 Å². The van der Waals surface area contributed by atoms with E-state index >= 15 is 0 Å². The average Bonchev–Trinajstić information content (AvgIpc) is 3.70. The number of piperidine rings is 1. The molecule has 0 bridgehead atoms. The van der Waals surface area contributed by atoms with E-state index in [4.69, 9.17) is 5.84 Å². The van der Waals surface area contributed by atoms with Crippen molar-refractivity contribution in [3.8, 4) is 0 Å². The fraction of sp³-hybridized carbons (Fsp3) is 0.542. The highest BCUT2D eigenvalue weighted by Gasteiger charge is 2.38. The predicted octanol–water partition coefficient (Wildman–Crippen LogP) is 0.0503. The summed E-state index contributed by atoms with van der Waals surface area (Å²) in [6.45, 7) is 1.74. The van der Waals surface area contributed by atoms with E-state index in [2.05, 4.69) is 21.1 Å². The van der Waals surface area contributed by atoms with Gasteiger partial charge in [0.05, 0.1) is 6.42 Å². The van der Waals surface area contributed by atoms with Gasteiger partial charge < -0.3 is 36.7 Å². The smallest absolute Gasteiger partial charge is 0.323 e. The van der Waals surface area contributed by atoms with Gasteiger partial charge in [0.1, 0.15) is 18.9 Å². The Balaban J connectivity index is 1.59. The first-order valence-electron chi connectivity index (χ1n) is 12.2. The molecule has 0 aromatic heterocycles. The van der Waals surface area contributed by atoms with Crippen LogP contribution in [0.2, 0.25) is 0 Å². The van der Waals surface area contributed by atoms with Gasteiger partial charge in [-0.05, 0) is 37.2 Å². The van der Waals surface area contributed by atoms with Gasteiger partial charge in [-0.2, -0.15) is 5.10 Å². The number of hydrazone groups is 1. The van der Waals surface area contributed by atoms with Gasteiger partial charge in [-0.15, -0.1) is 0 Å². The molecule has 0 unspecified atom stereocenters. The summed E-state index contributed by atoms with van der Waals surface area (Å²) in [6.07, 6.45) is 4.57. The van der Waals surface area contributed by atoms with E-state index in [0.29, 0.717) is 25.9 Å². The Bertz CT molecular complexity index is 938. The van der Waals surface area contributed by atoms with Gasteiger partial charge in [0.25, 0.3) is 0 Å². The Morgan fingerprint density at radius 1 is 1.17 bits per heavy atom. The largest absolute Gasteiger partial charge is 0.480 e. The van der Waals surface area contributed by atoms with Gasteiger partial charge in [0, 0.05) is 32.2 Å². The Labute approximate surface area is 210 Å². The molecule has 12 nitrogen and oxygen atoms in total. The lowest BCUT2D eigenvalue weighted by Crippen LogP contribution is -2.54. The van der Waals surface area contributed by atoms with E-state index in [9.17, 15) is 24.3 Å². The van der Waals surface area contributed by atoms with Crippen LogP contribution in [0.15, 0.2) is 35.4 Å². The van der Waals surface area contributed by atoms with Crippen molar-refractivity contribution < 1.29 is 24.3 Å². The van der Waals surface area contributed by atoms with E-state index in [-0.39, 0.29) is 24.9 Å². The Morgan fingerprint density at radius 3 is 2.58 bits per heavy atom. The van der Waals surface area contributed by atoms with Gasteiger partial charge in [0.15, 0.2) is 0 Å². The van der Waals surface area contributed by atoms with Crippen LogP contribution in [-0.4, -0.2) is 83.3 Å². The predicted molar refractivity (Wildman–Crippen MR) is 133 cm³/mol. The number of hydrogen-bond acceptors (Lipinski definition) is 6. The summed E-state index contributed by atoms with van der Waals surface area (Å²) in [6, 6.07) is 7.27. The molecule has 2 fully saturated rings. The van der Waals surface area contributed by atoms with Gasteiger partial charge in [-0.1, -0.05) is 30.3 Å². The molecule has 0 radical (unpaired) electrons. The Morgan fingerprint density at radius 2 is 1.92 bits per heavy atom. The summed E-state index contributed by atoms with van der Waals surface area (Å²) >= 11 is 0. The molecule has 12 heteroatoms. The van der Waals surface area contributed by atoms with Crippen LogP contribution in [0, 0.1) is 5.92 Å². The number of carbonyl (C=O) groups is 4. The third kappa shape index (κ3) is 8.75. The Hall–Kier alpha value is -3.83. The van der Waals surface area contributed by atoms with Crippen molar-refractivity contribution in [1.29, 1.82) is 0 Å². The quantitative estimate of drug-likeness (QED) is 0.117. The van der Waals surface area contributed by atoms with Crippen LogP contribution in [0.1, 0.15) is 37.7 Å². The molecule has 4 amide bonds. The molecular weight excluding hydrogens is 466 g/mol. The minimum Gasteiger partial charge on any atom is -0.480 e. The standard InChI is InChI=1S/C24H35N7O5/c25-28-16-30-10-4-7-18(14-30)13-26-21(32)11-20(23(35)31(15-22(33)34)19-8-9-19)29-24(36)27-12-17-5-2-1-3-6-17/h1-3,5-6,16,18-20H,4,7-15,25H2,(H,26,32)(H,33,34)(H2,27,29,36)/t18-,20-/m0/s1. The number of amides is 4. The SMILES string of the molecule is NN=CN1CCC[C@@H](CNC(=O)C[C@H](NC(=O)NCc2ccccc2)C(=O)N(CC(=O)O)C2CC2)C1. The number of likely N-dealkylation sites (tertiary alicyclic amines) is 1. The fourth-order valence-corrected chi connectivity index (χ4v) is 4.29. The van der Waals surface area contributed by atoms with Crippen molar-refractivity contribution >= 4 is 30.2 Å². The summed E-state index contributed by atoms with van der Waals surface area (Å²) in [7, 11) is 0. The second-order valence-corrected chi connectivity index (χ2v) is 9.23. The number of carboxylic acid groups (broad SMARTS) is 1. The van der Waals surface area contributed by atoms with Crippen molar-refractivity contribution in [3.63, 3.8) is 0 Å². The molecule has 2 atom stereocenters. The topological polar surface area (TPSA) is 169 Å². The number of benzene rings is 1. The number of nitrogens with zero attached hydrogens (tertiary/aromatic N) is 3. The fourth-order valence-electron chi connectivity index (χ4n) is 4.29. The maximum Gasteiger partial charge on any atom is 0.323 e. The molecule has 1 aliphatic heterocycles. The summed E-state index contributed by atoms with van der Waals surface area (Å²) < 4.78 is 0. The molecule has 1 aromatic carbocycles. The van der Waals surface area contributed by atoms with E-state index in [1.807, 2.05) is 35.2 Å².